The highest BCUT2D eigenvalue weighted by Crippen LogP contribution is 2.22. The van der Waals surface area contributed by atoms with E-state index < -0.39 is 0 Å². The van der Waals surface area contributed by atoms with Crippen molar-refractivity contribution in [3.63, 3.8) is 0 Å². The van der Waals surface area contributed by atoms with Gasteiger partial charge in [-0.05, 0) is 70.5 Å². The number of benzene rings is 1. The average Bonchev–Trinajstić information content (AvgIpc) is 3.27. The molecule has 2 N–H and O–H groups in total. The summed E-state index contributed by atoms with van der Waals surface area (Å²) in [5, 5.41) is 7.61. The summed E-state index contributed by atoms with van der Waals surface area (Å²) in [5.41, 5.74) is 5.95. The average molecular weight is 393 g/mol. The second kappa shape index (κ2) is 8.21. The molecular formula is C22H28N6O. The fraction of sp³-hybridized carbons (Fsp3) is 0.409. The molecule has 0 spiro atoms. The maximum absolute atomic E-state index is 13.0. The minimum absolute atomic E-state index is 0.0525. The fourth-order valence-corrected chi connectivity index (χ4v) is 4.02. The van der Waals surface area contributed by atoms with Gasteiger partial charge in [0.25, 0.3) is 0 Å². The van der Waals surface area contributed by atoms with Crippen LogP contribution in [-0.4, -0.2) is 43.1 Å². The number of anilines is 1. The first kappa shape index (κ1) is 19.4. The first-order valence-electron chi connectivity index (χ1n) is 10.2. The van der Waals surface area contributed by atoms with Crippen LogP contribution in [0.4, 0.5) is 5.69 Å². The summed E-state index contributed by atoms with van der Waals surface area (Å²) < 4.78 is 1.91. The summed E-state index contributed by atoms with van der Waals surface area (Å²) in [7, 11) is 0. The molecule has 29 heavy (non-hydrogen) atoms. The van der Waals surface area contributed by atoms with Crippen LogP contribution in [0.25, 0.3) is 5.69 Å². The molecule has 1 aliphatic heterocycles. The third kappa shape index (κ3) is 4.24. The van der Waals surface area contributed by atoms with Gasteiger partial charge in [0.15, 0.2) is 0 Å². The summed E-state index contributed by atoms with van der Waals surface area (Å²) in [5.74, 6) is 0.0525. The van der Waals surface area contributed by atoms with Crippen LogP contribution in [0.3, 0.4) is 0 Å². The lowest BCUT2D eigenvalue weighted by atomic mass is 10.0. The molecule has 1 aromatic carbocycles. The van der Waals surface area contributed by atoms with Gasteiger partial charge in [0.2, 0.25) is 5.91 Å². The van der Waals surface area contributed by atoms with Crippen molar-refractivity contribution < 1.29 is 4.79 Å². The highest BCUT2D eigenvalue weighted by molar-refractivity contribution is 5.95. The van der Waals surface area contributed by atoms with E-state index in [0.29, 0.717) is 6.54 Å². The van der Waals surface area contributed by atoms with E-state index in [4.69, 9.17) is 0 Å². The van der Waals surface area contributed by atoms with Crippen LogP contribution >= 0.6 is 0 Å². The maximum atomic E-state index is 13.0. The highest BCUT2D eigenvalue weighted by atomic mass is 16.2. The lowest BCUT2D eigenvalue weighted by molar-refractivity contribution is -0.122. The number of hydrogen-bond acceptors (Lipinski definition) is 4. The molecule has 7 heteroatoms. The van der Waals surface area contributed by atoms with Crippen LogP contribution in [0.1, 0.15) is 42.0 Å². The Balaban J connectivity index is 1.44. The van der Waals surface area contributed by atoms with Gasteiger partial charge in [-0.25, -0.2) is 9.67 Å². The van der Waals surface area contributed by atoms with Gasteiger partial charge in [-0.2, -0.15) is 5.10 Å². The summed E-state index contributed by atoms with van der Waals surface area (Å²) >= 11 is 0. The van der Waals surface area contributed by atoms with Crippen molar-refractivity contribution in [1.82, 2.24) is 24.6 Å². The zero-order chi connectivity index (χ0) is 20.4. The van der Waals surface area contributed by atoms with Gasteiger partial charge in [-0.15, -0.1) is 0 Å². The van der Waals surface area contributed by atoms with Gasteiger partial charge in [-0.1, -0.05) is 6.42 Å². The monoisotopic (exact) mass is 392 g/mol. The molecule has 1 atom stereocenters. The molecule has 1 aliphatic rings. The molecule has 1 fully saturated rings. The maximum Gasteiger partial charge on any atom is 0.241 e. The number of amides is 1. The summed E-state index contributed by atoms with van der Waals surface area (Å²) in [6.45, 7) is 7.66. The van der Waals surface area contributed by atoms with E-state index in [9.17, 15) is 4.79 Å². The second-order valence-corrected chi connectivity index (χ2v) is 7.83. The van der Waals surface area contributed by atoms with Crippen LogP contribution in [0, 0.1) is 20.8 Å². The molecule has 7 nitrogen and oxygen atoms in total. The molecule has 0 aliphatic carbocycles. The third-order valence-electron chi connectivity index (χ3n) is 5.59. The molecule has 152 valence electrons. The molecule has 2 aromatic heterocycles. The molecule has 4 rings (SSSR count). The Morgan fingerprint density at radius 3 is 2.66 bits per heavy atom. The number of likely N-dealkylation sites (tertiary alicyclic amines) is 1. The van der Waals surface area contributed by atoms with Crippen LogP contribution in [0.5, 0.6) is 0 Å². The number of rotatable bonds is 5. The first-order valence-corrected chi connectivity index (χ1v) is 10.2. The predicted molar refractivity (Wildman–Crippen MR) is 113 cm³/mol. The SMILES string of the molecule is Cc1cc(C)n(-c2ccc(NC(=O)C3CCCCN3Cc3nc[nH]c3C)cc2)n1. The summed E-state index contributed by atoms with van der Waals surface area (Å²) in [6.07, 6.45) is 4.78. The number of carbonyl (C=O) groups is 1. The number of aromatic amines is 1. The smallest absolute Gasteiger partial charge is 0.241 e. The van der Waals surface area contributed by atoms with Crippen molar-refractivity contribution in [3.8, 4) is 5.69 Å². The van der Waals surface area contributed by atoms with Gasteiger partial charge in [0.05, 0.1) is 29.4 Å². The predicted octanol–water partition coefficient (Wildman–Crippen LogP) is 3.51. The molecule has 0 radical (unpaired) electrons. The van der Waals surface area contributed by atoms with Crippen molar-refractivity contribution >= 4 is 11.6 Å². The lowest BCUT2D eigenvalue weighted by Crippen LogP contribution is -2.46. The van der Waals surface area contributed by atoms with E-state index in [0.717, 1.165) is 60.0 Å². The fourth-order valence-electron chi connectivity index (χ4n) is 4.02. The van der Waals surface area contributed by atoms with Crippen molar-refractivity contribution in [3.05, 3.63) is 59.4 Å². The number of nitrogens with zero attached hydrogens (tertiary/aromatic N) is 4. The Kier molecular flexibility index (Phi) is 5.49. The summed E-state index contributed by atoms with van der Waals surface area (Å²) in [4.78, 5) is 22.8. The topological polar surface area (TPSA) is 78.8 Å². The van der Waals surface area contributed by atoms with Gasteiger partial charge in [-0.3, -0.25) is 9.69 Å². The number of H-pyrrole nitrogens is 1. The van der Waals surface area contributed by atoms with E-state index in [-0.39, 0.29) is 11.9 Å². The largest absolute Gasteiger partial charge is 0.348 e. The Labute approximate surface area is 171 Å². The van der Waals surface area contributed by atoms with Crippen molar-refractivity contribution in [2.45, 2.75) is 52.6 Å². The first-order chi connectivity index (χ1) is 14.0. The highest BCUT2D eigenvalue weighted by Gasteiger charge is 2.29. The Bertz CT molecular complexity index is 987. The molecule has 3 aromatic rings. The number of aryl methyl sites for hydroxylation is 3. The van der Waals surface area contributed by atoms with Gasteiger partial charge in [0.1, 0.15) is 0 Å². The molecule has 0 saturated carbocycles. The summed E-state index contributed by atoms with van der Waals surface area (Å²) in [6, 6.07) is 9.77. The van der Waals surface area contributed by atoms with Crippen LogP contribution in [0.2, 0.25) is 0 Å². The molecule has 1 amide bonds. The number of nitrogens with one attached hydrogen (secondary N) is 2. The van der Waals surface area contributed by atoms with Crippen molar-refractivity contribution in [2.24, 2.45) is 0 Å². The zero-order valence-electron chi connectivity index (χ0n) is 17.3. The lowest BCUT2D eigenvalue weighted by Gasteiger charge is -2.34. The Morgan fingerprint density at radius 2 is 2.00 bits per heavy atom. The minimum Gasteiger partial charge on any atom is -0.348 e. The third-order valence-corrected chi connectivity index (χ3v) is 5.59. The zero-order valence-corrected chi connectivity index (χ0v) is 17.3. The van der Waals surface area contributed by atoms with Crippen molar-refractivity contribution in [2.75, 3.05) is 11.9 Å². The quantitative estimate of drug-likeness (QED) is 0.696. The van der Waals surface area contributed by atoms with E-state index in [1.807, 2.05) is 49.7 Å². The van der Waals surface area contributed by atoms with Gasteiger partial charge in [0, 0.05) is 23.6 Å². The second-order valence-electron chi connectivity index (χ2n) is 7.83. The molecule has 3 heterocycles. The normalized spacial score (nSPS) is 17.4. The van der Waals surface area contributed by atoms with E-state index in [1.165, 1.54) is 0 Å². The number of carbonyl (C=O) groups excluding carboxylic acids is 1. The van der Waals surface area contributed by atoms with Crippen LogP contribution in [-0.2, 0) is 11.3 Å². The minimum atomic E-state index is -0.129. The Morgan fingerprint density at radius 1 is 1.21 bits per heavy atom. The molecular weight excluding hydrogens is 364 g/mol. The van der Waals surface area contributed by atoms with Crippen molar-refractivity contribution in [1.29, 1.82) is 0 Å². The van der Waals surface area contributed by atoms with E-state index in [1.54, 1.807) is 6.33 Å². The van der Waals surface area contributed by atoms with Crippen LogP contribution < -0.4 is 5.32 Å². The van der Waals surface area contributed by atoms with Gasteiger partial charge < -0.3 is 10.3 Å². The van der Waals surface area contributed by atoms with E-state index >= 15 is 0 Å². The molecule has 0 bridgehead atoms. The number of piperidine rings is 1. The standard InChI is InChI=1S/C22H28N6O/c1-15-12-16(2)28(26-15)19-9-7-18(8-10-19)25-22(29)21-6-4-5-11-27(21)13-20-17(3)23-14-24-20/h7-10,12,14,21H,4-6,11,13H2,1-3H3,(H,23,24)(H,25,29). The number of aromatic nitrogens is 4. The molecule has 1 unspecified atom stereocenters. The number of imidazole rings is 1. The molecule has 1 saturated heterocycles. The Hall–Kier alpha value is -2.93. The van der Waals surface area contributed by atoms with E-state index in [2.05, 4.69) is 31.3 Å². The van der Waals surface area contributed by atoms with Crippen LogP contribution in [0.15, 0.2) is 36.7 Å². The number of hydrogen-bond donors (Lipinski definition) is 2. The van der Waals surface area contributed by atoms with Gasteiger partial charge >= 0.3 is 0 Å².